The van der Waals surface area contributed by atoms with E-state index in [0.717, 1.165) is 23.1 Å². The summed E-state index contributed by atoms with van der Waals surface area (Å²) in [5.41, 5.74) is 1.75. The number of amides is 2. The summed E-state index contributed by atoms with van der Waals surface area (Å²) in [6.45, 7) is 3.53. The molecule has 11 nitrogen and oxygen atoms in total. The monoisotopic (exact) mass is 597 g/mol. The second-order valence-corrected chi connectivity index (χ2v) is 10.1. The van der Waals surface area contributed by atoms with E-state index in [-0.39, 0.29) is 28.7 Å². The van der Waals surface area contributed by atoms with Crippen molar-refractivity contribution in [1.29, 1.82) is 0 Å². The number of fused-ring (bicyclic) bond motifs is 1. The highest BCUT2D eigenvalue weighted by Gasteiger charge is 2.38. The van der Waals surface area contributed by atoms with E-state index in [2.05, 4.69) is 20.4 Å². The molecule has 0 fully saturated rings. The molecule has 2 aromatic carbocycles. The zero-order valence-corrected chi connectivity index (χ0v) is 23.4. The molecule has 0 saturated heterocycles. The molecule has 5 aromatic rings. The normalized spacial score (nSPS) is 15.1. The minimum absolute atomic E-state index is 0.0620. The molecule has 6 rings (SSSR count). The molecule has 2 N–H and O–H groups in total. The third-order valence-corrected chi connectivity index (χ3v) is 6.91. The summed E-state index contributed by atoms with van der Waals surface area (Å²) in [4.78, 5) is 37.4. The van der Waals surface area contributed by atoms with Crippen LogP contribution in [0.5, 0.6) is 11.5 Å². The molecule has 3 aromatic heterocycles. The van der Waals surface area contributed by atoms with Gasteiger partial charge in [0.15, 0.2) is 17.3 Å². The Balaban J connectivity index is 1.25. The Morgan fingerprint density at radius 3 is 2.52 bits per heavy atom. The third kappa shape index (κ3) is 5.43. The average molecular weight is 598 g/mol. The van der Waals surface area contributed by atoms with Gasteiger partial charge in [-0.1, -0.05) is 0 Å². The number of aliphatic hydroxyl groups is 1. The van der Waals surface area contributed by atoms with Crippen LogP contribution < -0.4 is 15.0 Å². The highest BCUT2D eigenvalue weighted by molar-refractivity contribution is 6.27. The van der Waals surface area contributed by atoms with Gasteiger partial charge in [-0.25, -0.2) is 13.3 Å². The van der Waals surface area contributed by atoms with Crippen molar-refractivity contribution in [2.24, 2.45) is 0 Å². The number of ether oxygens (including phenoxy) is 1. The Bertz CT molecular complexity index is 1890. The number of pyridine rings is 1. The van der Waals surface area contributed by atoms with E-state index < -0.39 is 29.8 Å². The first-order chi connectivity index (χ1) is 21.2. The number of aromatic nitrogens is 4. The van der Waals surface area contributed by atoms with Gasteiger partial charge in [-0.3, -0.25) is 24.5 Å². The number of anilines is 2. The van der Waals surface area contributed by atoms with E-state index in [1.807, 2.05) is 0 Å². The number of halogens is 2. The van der Waals surface area contributed by atoms with Crippen LogP contribution in [0.25, 0.3) is 16.8 Å². The molecule has 2 amide bonds. The topological polar surface area (TPSA) is 125 Å². The first-order valence-corrected chi connectivity index (χ1v) is 13.5. The molecule has 0 aliphatic carbocycles. The quantitative estimate of drug-likeness (QED) is 0.258. The lowest BCUT2D eigenvalue weighted by atomic mass is 10.1. The fourth-order valence-electron chi connectivity index (χ4n) is 4.71. The van der Waals surface area contributed by atoms with Crippen molar-refractivity contribution in [3.63, 3.8) is 0 Å². The Morgan fingerprint density at radius 2 is 1.82 bits per heavy atom. The van der Waals surface area contributed by atoms with Crippen LogP contribution in [0.4, 0.5) is 20.2 Å². The molecule has 0 radical (unpaired) electrons. The summed E-state index contributed by atoms with van der Waals surface area (Å²) in [5.74, 6) is -2.75. The molecule has 0 spiro atoms. The maximum absolute atomic E-state index is 15.3. The Kier molecular flexibility index (Phi) is 7.45. The van der Waals surface area contributed by atoms with Crippen LogP contribution in [0.1, 0.15) is 13.8 Å². The first-order valence-electron chi connectivity index (χ1n) is 13.5. The summed E-state index contributed by atoms with van der Waals surface area (Å²) in [7, 11) is 0. The number of carbonyl (C=O) groups excluding carboxylic acids is 2. The van der Waals surface area contributed by atoms with Crippen molar-refractivity contribution in [3.05, 3.63) is 109 Å². The lowest BCUT2D eigenvalue weighted by molar-refractivity contribution is -0.125. The molecule has 0 saturated carbocycles. The van der Waals surface area contributed by atoms with Crippen molar-refractivity contribution >= 4 is 28.7 Å². The van der Waals surface area contributed by atoms with Crippen LogP contribution in [-0.4, -0.2) is 53.8 Å². The Hall–Kier alpha value is -5.69. The molecule has 1 unspecified atom stereocenters. The maximum atomic E-state index is 15.3. The van der Waals surface area contributed by atoms with Crippen LogP contribution >= 0.6 is 0 Å². The average Bonchev–Trinajstić information content (AvgIpc) is 3.49. The minimum Gasteiger partial charge on any atom is -0.452 e. The summed E-state index contributed by atoms with van der Waals surface area (Å²) in [5, 5.41) is 17.7. The van der Waals surface area contributed by atoms with Crippen LogP contribution in [-0.2, 0) is 9.59 Å². The maximum Gasteiger partial charge on any atom is 0.268 e. The van der Waals surface area contributed by atoms with Gasteiger partial charge in [-0.2, -0.15) is 5.10 Å². The second kappa shape index (κ2) is 11.5. The number of carbonyl (C=O) groups is 2. The van der Waals surface area contributed by atoms with Gasteiger partial charge in [0.1, 0.15) is 16.9 Å². The van der Waals surface area contributed by atoms with Crippen LogP contribution in [0.3, 0.4) is 0 Å². The van der Waals surface area contributed by atoms with Crippen molar-refractivity contribution in [2.75, 3.05) is 10.2 Å². The number of hydrogen-bond donors (Lipinski definition) is 2. The number of nitrogens with one attached hydrogen (secondary N) is 1. The van der Waals surface area contributed by atoms with E-state index in [1.165, 1.54) is 35.4 Å². The van der Waals surface area contributed by atoms with E-state index >= 15 is 4.39 Å². The predicted octanol–water partition coefficient (Wildman–Crippen LogP) is 4.72. The standard InChI is InChI=1S/C31H25F2N7O4/c1-18(2)38-17-23(30(42)40(31(38)43)22-6-3-20(32)4-7-22)29(41)37-21-5-8-27(24(33)14-21)44-28-13-19(25-15-34-11-12-35-25)16-39-26(28)9-10-36-39/h3-18,31,43H,1-2H3,(H,37,41). The first kappa shape index (κ1) is 28.4. The number of rotatable bonds is 7. The number of nitrogens with zero attached hydrogens (tertiary/aromatic N) is 6. The molecule has 13 heteroatoms. The van der Waals surface area contributed by atoms with Crippen LogP contribution in [0, 0.1) is 11.6 Å². The zero-order valence-electron chi connectivity index (χ0n) is 23.4. The minimum atomic E-state index is -1.44. The number of hydrogen-bond acceptors (Lipinski definition) is 8. The van der Waals surface area contributed by atoms with Gasteiger partial charge in [-0.15, -0.1) is 0 Å². The fourth-order valence-corrected chi connectivity index (χ4v) is 4.71. The predicted molar refractivity (Wildman–Crippen MR) is 156 cm³/mol. The fraction of sp³-hybridized carbons (Fsp3) is 0.129. The van der Waals surface area contributed by atoms with Crippen molar-refractivity contribution in [1.82, 2.24) is 24.5 Å². The molecule has 44 heavy (non-hydrogen) atoms. The van der Waals surface area contributed by atoms with Gasteiger partial charge < -0.3 is 20.1 Å². The van der Waals surface area contributed by atoms with E-state index in [1.54, 1.807) is 61.5 Å². The van der Waals surface area contributed by atoms with Gasteiger partial charge in [-0.05, 0) is 62.4 Å². The van der Waals surface area contributed by atoms with E-state index in [9.17, 15) is 19.1 Å². The van der Waals surface area contributed by atoms with Gasteiger partial charge >= 0.3 is 0 Å². The molecule has 0 bridgehead atoms. The molecule has 1 aliphatic heterocycles. The lowest BCUT2D eigenvalue weighted by Gasteiger charge is -2.41. The van der Waals surface area contributed by atoms with Crippen LogP contribution in [0.15, 0.2) is 97.4 Å². The lowest BCUT2D eigenvalue weighted by Crippen LogP contribution is -2.56. The van der Waals surface area contributed by atoms with Crippen molar-refractivity contribution in [2.45, 2.75) is 26.2 Å². The summed E-state index contributed by atoms with van der Waals surface area (Å²) < 4.78 is 36.3. The summed E-state index contributed by atoms with van der Waals surface area (Å²) >= 11 is 0. The van der Waals surface area contributed by atoms with E-state index in [4.69, 9.17) is 4.74 Å². The molecular weight excluding hydrogens is 572 g/mol. The van der Waals surface area contributed by atoms with Crippen molar-refractivity contribution < 1.29 is 28.2 Å². The highest BCUT2D eigenvalue weighted by atomic mass is 19.1. The second-order valence-electron chi connectivity index (χ2n) is 10.1. The Morgan fingerprint density at radius 1 is 1.02 bits per heavy atom. The van der Waals surface area contributed by atoms with Gasteiger partial charge in [0.2, 0.25) is 6.35 Å². The number of aliphatic hydroxyl groups excluding tert-OH is 1. The third-order valence-electron chi connectivity index (χ3n) is 6.91. The summed E-state index contributed by atoms with van der Waals surface area (Å²) in [6.07, 6.45) is 7.83. The molecule has 222 valence electrons. The smallest absolute Gasteiger partial charge is 0.268 e. The molecule has 1 aliphatic rings. The Labute approximate surface area is 249 Å². The number of benzene rings is 2. The highest BCUT2D eigenvalue weighted by Crippen LogP contribution is 2.33. The molecule has 4 heterocycles. The van der Waals surface area contributed by atoms with Gasteiger partial charge in [0.05, 0.1) is 18.1 Å². The van der Waals surface area contributed by atoms with Gasteiger partial charge in [0, 0.05) is 53.8 Å². The SMILES string of the molecule is CC(C)N1C=C(C(=O)Nc2ccc(Oc3cc(-c4cnccn4)cn4nccc34)c(F)c2)C(=O)N(c2ccc(F)cc2)C1O. The molecule has 1 atom stereocenters. The van der Waals surface area contributed by atoms with Gasteiger partial charge in [0.25, 0.3) is 11.8 Å². The van der Waals surface area contributed by atoms with Crippen LogP contribution in [0.2, 0.25) is 0 Å². The van der Waals surface area contributed by atoms with Crippen molar-refractivity contribution in [3.8, 4) is 22.8 Å². The zero-order chi connectivity index (χ0) is 31.0. The largest absolute Gasteiger partial charge is 0.452 e. The summed E-state index contributed by atoms with van der Waals surface area (Å²) in [6, 6.07) is 11.9. The molecular formula is C31H25F2N7O4. The van der Waals surface area contributed by atoms with E-state index in [0.29, 0.717) is 22.5 Å².